The fourth-order valence-electron chi connectivity index (χ4n) is 2.91. The molecule has 1 heterocycles. The maximum atomic E-state index is 13.9. The van der Waals surface area contributed by atoms with Crippen molar-refractivity contribution in [3.63, 3.8) is 0 Å². The van der Waals surface area contributed by atoms with E-state index in [0.29, 0.717) is 17.8 Å². The highest BCUT2D eigenvalue weighted by Crippen LogP contribution is 2.30. The molecule has 4 heteroatoms. The number of aromatic nitrogens is 1. The average molecular weight is 308 g/mol. The maximum absolute atomic E-state index is 13.9. The number of aromatic amines is 1. The molecule has 1 aliphatic rings. The van der Waals surface area contributed by atoms with Crippen LogP contribution in [0, 0.1) is 5.82 Å². The summed E-state index contributed by atoms with van der Waals surface area (Å²) in [6.45, 7) is 0.311. The first-order chi connectivity index (χ1) is 11.2. The van der Waals surface area contributed by atoms with E-state index in [4.69, 9.17) is 0 Å². The zero-order valence-corrected chi connectivity index (χ0v) is 12.6. The molecule has 3 aromatic rings. The molecule has 0 aliphatic heterocycles. The minimum Gasteiger partial charge on any atom is -0.351 e. The van der Waals surface area contributed by atoms with Crippen LogP contribution in [0.3, 0.4) is 0 Å². The van der Waals surface area contributed by atoms with E-state index in [1.165, 1.54) is 6.07 Å². The number of carbonyl (C=O) groups is 1. The number of hydrogen-bond acceptors (Lipinski definition) is 1. The molecule has 116 valence electrons. The van der Waals surface area contributed by atoms with Crippen LogP contribution in [0.25, 0.3) is 10.9 Å². The summed E-state index contributed by atoms with van der Waals surface area (Å²) in [5, 5.41) is 1.01. The lowest BCUT2D eigenvalue weighted by molar-refractivity contribution is 0.0723. The number of carbonyl (C=O) groups excluding carboxylic acids is 1. The van der Waals surface area contributed by atoms with Gasteiger partial charge in [-0.25, -0.2) is 4.39 Å². The average Bonchev–Trinajstić information content (AvgIpc) is 3.31. The fraction of sp³-hybridized carbons (Fsp3) is 0.211. The third kappa shape index (κ3) is 2.72. The second-order valence-corrected chi connectivity index (χ2v) is 6.03. The Hall–Kier alpha value is -2.62. The number of benzene rings is 2. The summed E-state index contributed by atoms with van der Waals surface area (Å²) in [4.78, 5) is 17.8. The number of nitrogens with one attached hydrogen (secondary N) is 1. The molecule has 1 aromatic heterocycles. The number of fused-ring (bicyclic) bond motifs is 1. The molecule has 1 fully saturated rings. The van der Waals surface area contributed by atoms with E-state index < -0.39 is 0 Å². The van der Waals surface area contributed by atoms with Crippen molar-refractivity contribution in [3.8, 4) is 0 Å². The number of nitrogens with zero attached hydrogens (tertiary/aromatic N) is 1. The third-order valence-electron chi connectivity index (χ3n) is 4.31. The Labute approximate surface area is 133 Å². The standard InChI is InChI=1S/C19H17FN2O/c20-16-7-3-1-6-14(16)12-22(15-9-10-15)19(23)18-11-13-5-2-4-8-17(13)21-18/h1-8,11,15,21H,9-10,12H2. The summed E-state index contributed by atoms with van der Waals surface area (Å²) in [6, 6.07) is 16.5. The third-order valence-corrected chi connectivity index (χ3v) is 4.31. The largest absolute Gasteiger partial charge is 0.351 e. The number of amides is 1. The van der Waals surface area contributed by atoms with Gasteiger partial charge in [0.05, 0.1) is 0 Å². The Morgan fingerprint density at radius 2 is 1.87 bits per heavy atom. The molecule has 0 saturated heterocycles. The van der Waals surface area contributed by atoms with Gasteiger partial charge in [-0.1, -0.05) is 36.4 Å². The van der Waals surface area contributed by atoms with Gasteiger partial charge in [0, 0.05) is 29.1 Å². The SMILES string of the molecule is O=C(c1cc2ccccc2[nH]1)N(Cc1ccccc1F)C1CC1. The maximum Gasteiger partial charge on any atom is 0.270 e. The van der Waals surface area contributed by atoms with Crippen LogP contribution in [-0.4, -0.2) is 21.8 Å². The van der Waals surface area contributed by atoms with Crippen molar-refractivity contribution in [1.82, 2.24) is 9.88 Å². The van der Waals surface area contributed by atoms with Crippen LogP contribution in [0.5, 0.6) is 0 Å². The van der Waals surface area contributed by atoms with Gasteiger partial charge in [-0.3, -0.25) is 4.79 Å². The molecule has 0 bridgehead atoms. The fourth-order valence-corrected chi connectivity index (χ4v) is 2.91. The van der Waals surface area contributed by atoms with E-state index in [9.17, 15) is 9.18 Å². The second-order valence-electron chi connectivity index (χ2n) is 6.03. The van der Waals surface area contributed by atoms with E-state index in [1.54, 1.807) is 23.1 Å². The van der Waals surface area contributed by atoms with Gasteiger partial charge in [0.15, 0.2) is 0 Å². The lowest BCUT2D eigenvalue weighted by Gasteiger charge is -2.22. The van der Waals surface area contributed by atoms with Gasteiger partial charge < -0.3 is 9.88 Å². The zero-order valence-electron chi connectivity index (χ0n) is 12.6. The normalized spacial score (nSPS) is 14.1. The van der Waals surface area contributed by atoms with E-state index in [2.05, 4.69) is 4.98 Å². The van der Waals surface area contributed by atoms with Gasteiger partial charge in [0.25, 0.3) is 5.91 Å². The lowest BCUT2D eigenvalue weighted by atomic mass is 10.2. The van der Waals surface area contributed by atoms with Crippen molar-refractivity contribution in [1.29, 1.82) is 0 Å². The van der Waals surface area contributed by atoms with E-state index in [-0.39, 0.29) is 17.8 Å². The van der Waals surface area contributed by atoms with Crippen LogP contribution in [-0.2, 0) is 6.54 Å². The quantitative estimate of drug-likeness (QED) is 0.773. The molecule has 1 saturated carbocycles. The van der Waals surface area contributed by atoms with Crippen LogP contribution in [0.1, 0.15) is 28.9 Å². The molecule has 1 N–H and O–H groups in total. The molecule has 1 aliphatic carbocycles. The summed E-state index contributed by atoms with van der Waals surface area (Å²) in [6.07, 6.45) is 1.97. The minimum absolute atomic E-state index is 0.0630. The molecule has 2 aromatic carbocycles. The number of hydrogen-bond donors (Lipinski definition) is 1. The van der Waals surface area contributed by atoms with Gasteiger partial charge in [0.1, 0.15) is 11.5 Å². The van der Waals surface area contributed by atoms with Gasteiger partial charge in [0.2, 0.25) is 0 Å². The minimum atomic E-state index is -0.261. The van der Waals surface area contributed by atoms with Crippen LogP contribution in [0.2, 0.25) is 0 Å². The van der Waals surface area contributed by atoms with Crippen molar-refractivity contribution in [2.45, 2.75) is 25.4 Å². The van der Waals surface area contributed by atoms with Crippen molar-refractivity contribution in [2.75, 3.05) is 0 Å². The Kier molecular flexibility index (Phi) is 3.37. The van der Waals surface area contributed by atoms with Crippen molar-refractivity contribution in [2.24, 2.45) is 0 Å². The summed E-state index contributed by atoms with van der Waals surface area (Å²) in [5.74, 6) is -0.324. The Balaban J connectivity index is 1.64. The van der Waals surface area contributed by atoms with Crippen molar-refractivity contribution in [3.05, 3.63) is 71.7 Å². The topological polar surface area (TPSA) is 36.1 Å². The van der Waals surface area contributed by atoms with Crippen LogP contribution < -0.4 is 0 Å². The first-order valence-corrected chi connectivity index (χ1v) is 7.84. The van der Waals surface area contributed by atoms with Gasteiger partial charge >= 0.3 is 0 Å². The smallest absolute Gasteiger partial charge is 0.270 e. The van der Waals surface area contributed by atoms with E-state index >= 15 is 0 Å². The van der Waals surface area contributed by atoms with Gasteiger partial charge in [-0.2, -0.15) is 0 Å². The lowest BCUT2D eigenvalue weighted by Crippen LogP contribution is -2.33. The molecule has 0 radical (unpaired) electrons. The van der Waals surface area contributed by atoms with Crippen molar-refractivity contribution >= 4 is 16.8 Å². The summed E-state index contributed by atoms with van der Waals surface area (Å²) < 4.78 is 13.9. The number of rotatable bonds is 4. The molecule has 4 rings (SSSR count). The Morgan fingerprint density at radius 1 is 1.13 bits per heavy atom. The number of halogens is 1. The number of para-hydroxylation sites is 1. The van der Waals surface area contributed by atoms with Crippen LogP contribution in [0.4, 0.5) is 4.39 Å². The Morgan fingerprint density at radius 3 is 2.61 bits per heavy atom. The zero-order chi connectivity index (χ0) is 15.8. The molecule has 3 nitrogen and oxygen atoms in total. The first kappa shape index (κ1) is 14.0. The Bertz CT molecular complexity index is 833. The molecule has 1 amide bonds. The number of H-pyrrole nitrogens is 1. The van der Waals surface area contributed by atoms with E-state index in [1.807, 2.05) is 30.3 Å². The summed E-state index contributed by atoms with van der Waals surface area (Å²) in [7, 11) is 0. The predicted octanol–water partition coefficient (Wildman–Crippen LogP) is 4.11. The first-order valence-electron chi connectivity index (χ1n) is 7.84. The highest BCUT2D eigenvalue weighted by molar-refractivity contribution is 5.98. The highest BCUT2D eigenvalue weighted by Gasteiger charge is 2.34. The molecule has 0 unspecified atom stereocenters. The van der Waals surface area contributed by atoms with Crippen molar-refractivity contribution < 1.29 is 9.18 Å². The van der Waals surface area contributed by atoms with E-state index in [0.717, 1.165) is 23.7 Å². The second kappa shape index (κ2) is 5.54. The molecule has 0 spiro atoms. The monoisotopic (exact) mass is 308 g/mol. The highest BCUT2D eigenvalue weighted by atomic mass is 19.1. The predicted molar refractivity (Wildman–Crippen MR) is 87.6 cm³/mol. The summed E-state index contributed by atoms with van der Waals surface area (Å²) in [5.41, 5.74) is 2.07. The molecule has 23 heavy (non-hydrogen) atoms. The van der Waals surface area contributed by atoms with Crippen LogP contribution in [0.15, 0.2) is 54.6 Å². The molecular weight excluding hydrogens is 291 g/mol. The van der Waals surface area contributed by atoms with Gasteiger partial charge in [-0.05, 0) is 31.0 Å². The van der Waals surface area contributed by atoms with Gasteiger partial charge in [-0.15, -0.1) is 0 Å². The van der Waals surface area contributed by atoms with Crippen LogP contribution >= 0.6 is 0 Å². The molecule has 0 atom stereocenters. The summed E-state index contributed by atoms with van der Waals surface area (Å²) >= 11 is 0. The molecular formula is C19H17FN2O.